The van der Waals surface area contributed by atoms with Gasteiger partial charge >= 0.3 is 5.97 Å². The van der Waals surface area contributed by atoms with Crippen molar-refractivity contribution in [2.24, 2.45) is 0 Å². The summed E-state index contributed by atoms with van der Waals surface area (Å²) >= 11 is 0. The van der Waals surface area contributed by atoms with Crippen LogP contribution in [0, 0.1) is 0 Å². The van der Waals surface area contributed by atoms with Gasteiger partial charge in [0.15, 0.2) is 11.5 Å². The largest absolute Gasteiger partial charge is 0.465 e. The molecule has 0 unspecified atom stereocenters. The Hall–Kier alpha value is -4.72. The van der Waals surface area contributed by atoms with Crippen molar-refractivity contribution in [2.75, 3.05) is 12.4 Å². The molecule has 1 amide bonds. The molecule has 3 heterocycles. The molecule has 2 aromatic carbocycles. The van der Waals surface area contributed by atoms with Crippen LogP contribution in [0.3, 0.4) is 0 Å². The number of furan rings is 2. The first kappa shape index (κ1) is 20.2. The lowest BCUT2D eigenvalue weighted by Crippen LogP contribution is -2.12. The van der Waals surface area contributed by atoms with E-state index in [4.69, 9.17) is 18.8 Å². The molecule has 3 aromatic heterocycles. The maximum atomic E-state index is 12.8. The maximum Gasteiger partial charge on any atom is 0.337 e. The summed E-state index contributed by atoms with van der Waals surface area (Å²) in [5.41, 5.74) is 3.55. The van der Waals surface area contributed by atoms with Gasteiger partial charge in [0.2, 0.25) is 0 Å². The molecule has 0 aliphatic carbocycles. The second kappa shape index (κ2) is 8.43. The topological polar surface area (TPSA) is 107 Å². The summed E-state index contributed by atoms with van der Waals surface area (Å²) in [7, 11) is 1.31. The zero-order valence-corrected chi connectivity index (χ0v) is 17.4. The van der Waals surface area contributed by atoms with Crippen molar-refractivity contribution in [1.82, 2.24) is 9.97 Å². The van der Waals surface area contributed by atoms with Crippen LogP contribution in [0.5, 0.6) is 0 Å². The number of ether oxygens (including phenoxy) is 1. The number of fused-ring (bicyclic) bond motifs is 1. The van der Waals surface area contributed by atoms with Crippen molar-refractivity contribution in [2.45, 2.75) is 0 Å². The molecule has 1 N–H and O–H groups in total. The molecule has 8 heteroatoms. The van der Waals surface area contributed by atoms with E-state index in [1.807, 2.05) is 0 Å². The number of methoxy groups -OCH3 is 1. The molecule has 0 aliphatic heterocycles. The minimum absolute atomic E-state index is 0.320. The summed E-state index contributed by atoms with van der Waals surface area (Å²) in [6.07, 6.45) is 3.13. The highest BCUT2D eigenvalue weighted by Crippen LogP contribution is 2.31. The predicted octanol–water partition coefficient (Wildman–Crippen LogP) is 5.19. The summed E-state index contributed by atoms with van der Waals surface area (Å²) in [5, 5.41) is 2.81. The Balaban J connectivity index is 1.48. The summed E-state index contributed by atoms with van der Waals surface area (Å²) in [6, 6.07) is 18.6. The molecule has 33 heavy (non-hydrogen) atoms. The van der Waals surface area contributed by atoms with Gasteiger partial charge in [-0.25, -0.2) is 14.8 Å². The maximum absolute atomic E-state index is 12.8. The Bertz CT molecular complexity index is 1440. The molecule has 0 saturated carbocycles. The van der Waals surface area contributed by atoms with Crippen molar-refractivity contribution < 1.29 is 23.2 Å². The molecule has 0 aliphatic rings. The number of hydrogen-bond donors (Lipinski definition) is 1. The van der Waals surface area contributed by atoms with E-state index in [2.05, 4.69) is 10.1 Å². The monoisotopic (exact) mass is 439 g/mol. The van der Waals surface area contributed by atoms with Gasteiger partial charge in [0.25, 0.3) is 5.91 Å². The van der Waals surface area contributed by atoms with Gasteiger partial charge in [-0.1, -0.05) is 0 Å². The standard InChI is InChI=1S/C25H17N3O5/c1-31-25(30)15-6-9-17(10-7-15)26-24(29)16-8-11-18-19(14-16)28-23(21-5-3-13-33-21)22(27-18)20-4-2-12-32-20/h2-14H,1H3,(H,26,29). The first-order valence-corrected chi connectivity index (χ1v) is 10.0. The van der Waals surface area contributed by atoms with E-state index < -0.39 is 5.97 Å². The van der Waals surface area contributed by atoms with E-state index in [0.29, 0.717) is 50.8 Å². The first-order chi connectivity index (χ1) is 16.1. The Morgan fingerprint density at radius 3 is 1.97 bits per heavy atom. The van der Waals surface area contributed by atoms with Gasteiger partial charge in [-0.3, -0.25) is 4.79 Å². The van der Waals surface area contributed by atoms with E-state index in [1.165, 1.54) is 7.11 Å². The molecule has 162 valence electrons. The molecule has 0 spiro atoms. The fraction of sp³-hybridized carbons (Fsp3) is 0.0400. The molecule has 5 rings (SSSR count). The number of anilines is 1. The molecule has 0 radical (unpaired) electrons. The molecular weight excluding hydrogens is 422 g/mol. The van der Waals surface area contributed by atoms with Crippen molar-refractivity contribution in [3.8, 4) is 22.9 Å². The third-order valence-electron chi connectivity index (χ3n) is 5.00. The van der Waals surface area contributed by atoms with Gasteiger partial charge < -0.3 is 18.9 Å². The van der Waals surface area contributed by atoms with E-state index in [1.54, 1.807) is 79.3 Å². The number of esters is 1. The average molecular weight is 439 g/mol. The normalized spacial score (nSPS) is 10.8. The van der Waals surface area contributed by atoms with Gasteiger partial charge in [0.05, 0.1) is 36.2 Å². The lowest BCUT2D eigenvalue weighted by molar-refractivity contribution is 0.0600. The van der Waals surface area contributed by atoms with Gasteiger partial charge in [-0.2, -0.15) is 0 Å². The summed E-state index contributed by atoms with van der Waals surface area (Å²) in [6.45, 7) is 0. The number of nitrogens with one attached hydrogen (secondary N) is 1. The first-order valence-electron chi connectivity index (χ1n) is 10.0. The highest BCUT2D eigenvalue weighted by atomic mass is 16.5. The van der Waals surface area contributed by atoms with Crippen molar-refractivity contribution >= 4 is 28.6 Å². The summed E-state index contributed by atoms with van der Waals surface area (Å²) in [4.78, 5) is 33.8. The van der Waals surface area contributed by atoms with Gasteiger partial charge in [-0.15, -0.1) is 0 Å². The van der Waals surface area contributed by atoms with Gasteiger partial charge in [-0.05, 0) is 66.7 Å². The molecule has 0 bridgehead atoms. The number of amides is 1. The van der Waals surface area contributed by atoms with Crippen LogP contribution in [0.2, 0.25) is 0 Å². The highest BCUT2D eigenvalue weighted by molar-refractivity contribution is 6.06. The minimum atomic E-state index is -0.442. The van der Waals surface area contributed by atoms with Crippen LogP contribution < -0.4 is 5.32 Å². The van der Waals surface area contributed by atoms with Crippen molar-refractivity contribution in [3.63, 3.8) is 0 Å². The average Bonchev–Trinajstić information content (AvgIpc) is 3.57. The Morgan fingerprint density at radius 1 is 0.788 bits per heavy atom. The van der Waals surface area contributed by atoms with Crippen molar-refractivity contribution in [1.29, 1.82) is 0 Å². The Kier molecular flexibility index (Phi) is 5.16. The molecule has 0 fully saturated rings. The van der Waals surface area contributed by atoms with Crippen LogP contribution in [-0.2, 0) is 4.74 Å². The molecule has 5 aromatic rings. The Labute approximate surface area is 187 Å². The van der Waals surface area contributed by atoms with Crippen molar-refractivity contribution in [3.05, 3.63) is 90.4 Å². The molecular formula is C25H17N3O5. The lowest BCUT2D eigenvalue weighted by atomic mass is 10.1. The second-order valence-corrected chi connectivity index (χ2v) is 7.10. The van der Waals surface area contributed by atoms with E-state index in [-0.39, 0.29) is 5.91 Å². The van der Waals surface area contributed by atoms with E-state index in [0.717, 1.165) is 0 Å². The third kappa shape index (κ3) is 3.97. The minimum Gasteiger partial charge on any atom is -0.465 e. The van der Waals surface area contributed by atoms with E-state index >= 15 is 0 Å². The number of benzene rings is 2. The zero-order valence-electron chi connectivity index (χ0n) is 17.4. The smallest absolute Gasteiger partial charge is 0.337 e. The van der Waals surface area contributed by atoms with Gasteiger partial charge in [0.1, 0.15) is 11.4 Å². The molecule has 0 atom stereocenters. The second-order valence-electron chi connectivity index (χ2n) is 7.10. The third-order valence-corrected chi connectivity index (χ3v) is 5.00. The predicted molar refractivity (Wildman–Crippen MR) is 121 cm³/mol. The summed E-state index contributed by atoms with van der Waals surface area (Å²) < 4.78 is 15.8. The van der Waals surface area contributed by atoms with Crippen LogP contribution >= 0.6 is 0 Å². The van der Waals surface area contributed by atoms with E-state index in [9.17, 15) is 9.59 Å². The summed E-state index contributed by atoms with van der Waals surface area (Å²) in [5.74, 6) is 0.339. The fourth-order valence-electron chi connectivity index (χ4n) is 3.38. The fourth-order valence-corrected chi connectivity index (χ4v) is 3.38. The lowest BCUT2D eigenvalue weighted by Gasteiger charge is -2.09. The van der Waals surface area contributed by atoms with Gasteiger partial charge in [0, 0.05) is 11.3 Å². The number of carbonyl (C=O) groups is 2. The highest BCUT2D eigenvalue weighted by Gasteiger charge is 2.18. The number of aromatic nitrogens is 2. The van der Waals surface area contributed by atoms with Crippen LogP contribution in [0.25, 0.3) is 33.9 Å². The number of rotatable bonds is 5. The Morgan fingerprint density at radius 2 is 1.39 bits per heavy atom. The molecule has 0 saturated heterocycles. The number of nitrogens with zero attached hydrogens (tertiary/aromatic N) is 2. The number of hydrogen-bond acceptors (Lipinski definition) is 7. The van der Waals surface area contributed by atoms with Crippen LogP contribution in [0.4, 0.5) is 5.69 Å². The van der Waals surface area contributed by atoms with Crippen LogP contribution in [-0.4, -0.2) is 29.0 Å². The quantitative estimate of drug-likeness (QED) is 0.376. The number of carbonyl (C=O) groups excluding carboxylic acids is 2. The van der Waals surface area contributed by atoms with Crippen LogP contribution in [0.15, 0.2) is 88.1 Å². The SMILES string of the molecule is COC(=O)c1ccc(NC(=O)c2ccc3nc(-c4ccco4)c(-c4ccco4)nc3c2)cc1. The van der Waals surface area contributed by atoms with Crippen LogP contribution in [0.1, 0.15) is 20.7 Å². The molecule has 8 nitrogen and oxygen atoms in total. The zero-order chi connectivity index (χ0) is 22.8.